The van der Waals surface area contributed by atoms with Crippen molar-refractivity contribution in [2.24, 2.45) is 11.3 Å². The molecule has 1 heterocycles. The van der Waals surface area contributed by atoms with Crippen molar-refractivity contribution in [1.29, 1.82) is 0 Å². The van der Waals surface area contributed by atoms with E-state index in [0.717, 1.165) is 30.6 Å². The highest BCUT2D eigenvalue weighted by Gasteiger charge is 2.32. The Morgan fingerprint density at radius 1 is 1.28 bits per heavy atom. The molecule has 1 saturated heterocycles. The van der Waals surface area contributed by atoms with Crippen molar-refractivity contribution in [3.8, 4) is 0 Å². The van der Waals surface area contributed by atoms with Gasteiger partial charge in [0.15, 0.2) is 0 Å². The van der Waals surface area contributed by atoms with E-state index in [2.05, 4.69) is 26.0 Å². The van der Waals surface area contributed by atoms with Crippen molar-refractivity contribution in [3.05, 3.63) is 34.9 Å². The minimum Gasteiger partial charge on any atom is -0.380 e. The Hall–Kier alpha value is -0.530. The number of hydrogen-bond acceptors (Lipinski definition) is 1. The molecule has 0 aliphatic carbocycles. The summed E-state index contributed by atoms with van der Waals surface area (Å²) in [6.45, 7) is 6.59. The molecule has 0 amide bonds. The molecule has 100 valence electrons. The third-order valence-electron chi connectivity index (χ3n) is 3.88. The normalized spacial score (nSPS) is 19.3. The number of hydrogen-bond donors (Lipinski definition) is 0. The molecule has 0 spiro atoms. The van der Waals surface area contributed by atoms with Crippen LogP contribution in [0, 0.1) is 11.3 Å². The lowest BCUT2D eigenvalue weighted by atomic mass is 9.82. The second-order valence-electron chi connectivity index (χ2n) is 6.13. The van der Waals surface area contributed by atoms with Crippen LogP contribution in [-0.4, -0.2) is 13.2 Å². The van der Waals surface area contributed by atoms with Gasteiger partial charge in [0.2, 0.25) is 0 Å². The van der Waals surface area contributed by atoms with Crippen molar-refractivity contribution in [3.63, 3.8) is 0 Å². The minimum absolute atomic E-state index is 0.472. The first-order valence-corrected chi connectivity index (χ1v) is 7.27. The molecule has 1 nitrogen and oxygen atoms in total. The maximum atomic E-state index is 5.89. The predicted molar refractivity (Wildman–Crippen MR) is 77.1 cm³/mol. The van der Waals surface area contributed by atoms with Crippen LogP contribution in [0.25, 0.3) is 0 Å². The molecule has 18 heavy (non-hydrogen) atoms. The molecule has 0 N–H and O–H groups in total. The highest BCUT2D eigenvalue weighted by Crippen LogP contribution is 2.33. The van der Waals surface area contributed by atoms with Gasteiger partial charge >= 0.3 is 0 Å². The Bertz CT molecular complexity index is 367. The van der Waals surface area contributed by atoms with Crippen molar-refractivity contribution >= 4 is 11.6 Å². The van der Waals surface area contributed by atoms with Gasteiger partial charge < -0.3 is 4.74 Å². The monoisotopic (exact) mass is 266 g/mol. The number of halogens is 1. The van der Waals surface area contributed by atoms with E-state index in [1.807, 2.05) is 12.1 Å². The number of benzene rings is 1. The highest BCUT2D eigenvalue weighted by atomic mass is 35.5. The molecule has 0 saturated carbocycles. The van der Waals surface area contributed by atoms with Crippen LogP contribution in [0.15, 0.2) is 24.3 Å². The van der Waals surface area contributed by atoms with Gasteiger partial charge in [0, 0.05) is 10.4 Å². The summed E-state index contributed by atoms with van der Waals surface area (Å²) in [6.07, 6.45) is 5.08. The summed E-state index contributed by atoms with van der Waals surface area (Å²) >= 11 is 5.89. The van der Waals surface area contributed by atoms with Gasteiger partial charge in [-0.05, 0) is 36.5 Å². The van der Waals surface area contributed by atoms with Crippen LogP contribution in [0.5, 0.6) is 0 Å². The number of ether oxygens (including phenoxy) is 1. The van der Waals surface area contributed by atoms with E-state index < -0.39 is 0 Å². The largest absolute Gasteiger partial charge is 0.380 e. The van der Waals surface area contributed by atoms with Crippen LogP contribution >= 0.6 is 11.6 Å². The molecule has 1 fully saturated rings. The van der Waals surface area contributed by atoms with Gasteiger partial charge in [0.1, 0.15) is 0 Å². The number of rotatable bonds is 6. The van der Waals surface area contributed by atoms with Crippen molar-refractivity contribution in [2.45, 2.75) is 39.5 Å². The second-order valence-corrected chi connectivity index (χ2v) is 6.57. The van der Waals surface area contributed by atoms with Crippen LogP contribution < -0.4 is 0 Å². The fourth-order valence-corrected chi connectivity index (χ4v) is 2.72. The average Bonchev–Trinajstić information content (AvgIpc) is 2.30. The summed E-state index contributed by atoms with van der Waals surface area (Å²) in [5.41, 5.74) is 1.87. The molecule has 0 radical (unpaired) electrons. The Morgan fingerprint density at radius 2 is 1.94 bits per heavy atom. The molecule has 1 aromatic rings. The summed E-state index contributed by atoms with van der Waals surface area (Å²) in [7, 11) is 0. The maximum Gasteiger partial charge on any atom is 0.0542 e. The summed E-state index contributed by atoms with van der Waals surface area (Å²) in [5, 5.41) is 0.823. The van der Waals surface area contributed by atoms with Crippen LogP contribution in [-0.2, 0) is 11.2 Å². The SMILES string of the molecule is CC(CCCC1(C)COC1)Cc1ccc(Cl)cc1. The van der Waals surface area contributed by atoms with Gasteiger partial charge in [-0.1, -0.05) is 50.4 Å². The van der Waals surface area contributed by atoms with Crippen LogP contribution in [0.3, 0.4) is 0 Å². The second kappa shape index (κ2) is 6.08. The lowest BCUT2D eigenvalue weighted by Gasteiger charge is -2.38. The van der Waals surface area contributed by atoms with Gasteiger partial charge in [-0.2, -0.15) is 0 Å². The Labute approximate surface area is 115 Å². The molecule has 1 aliphatic rings. The summed E-state index contributed by atoms with van der Waals surface area (Å²) in [6, 6.07) is 8.24. The molecular weight excluding hydrogens is 244 g/mol. The molecular formula is C16H23ClO. The van der Waals surface area contributed by atoms with Gasteiger partial charge in [-0.15, -0.1) is 0 Å². The lowest BCUT2D eigenvalue weighted by Crippen LogP contribution is -2.39. The third kappa shape index (κ3) is 4.00. The molecule has 1 atom stereocenters. The third-order valence-corrected chi connectivity index (χ3v) is 4.13. The smallest absolute Gasteiger partial charge is 0.0542 e. The molecule has 2 heteroatoms. The van der Waals surface area contributed by atoms with E-state index in [0.29, 0.717) is 5.41 Å². The fraction of sp³-hybridized carbons (Fsp3) is 0.625. The zero-order valence-electron chi connectivity index (χ0n) is 11.4. The van der Waals surface area contributed by atoms with Crippen molar-refractivity contribution in [1.82, 2.24) is 0 Å². The van der Waals surface area contributed by atoms with E-state index in [1.54, 1.807) is 0 Å². The summed E-state index contributed by atoms with van der Waals surface area (Å²) in [5.74, 6) is 0.746. The first kappa shape index (κ1) is 13.9. The van der Waals surface area contributed by atoms with Crippen LogP contribution in [0.1, 0.15) is 38.7 Å². The van der Waals surface area contributed by atoms with Crippen molar-refractivity contribution in [2.75, 3.05) is 13.2 Å². The van der Waals surface area contributed by atoms with Crippen LogP contribution in [0.2, 0.25) is 5.02 Å². The van der Waals surface area contributed by atoms with Gasteiger partial charge in [-0.25, -0.2) is 0 Å². The van der Waals surface area contributed by atoms with E-state index in [9.17, 15) is 0 Å². The standard InChI is InChI=1S/C16H23ClO/c1-13(4-3-9-16(2)11-18-12-16)10-14-5-7-15(17)8-6-14/h5-8,13H,3-4,9-12H2,1-2H3. The Balaban J connectivity index is 1.68. The van der Waals surface area contributed by atoms with E-state index in [1.165, 1.54) is 24.8 Å². The van der Waals surface area contributed by atoms with E-state index in [4.69, 9.17) is 16.3 Å². The van der Waals surface area contributed by atoms with Gasteiger partial charge in [-0.3, -0.25) is 0 Å². The molecule has 1 aromatic carbocycles. The predicted octanol–water partition coefficient (Wildman–Crippen LogP) is 4.73. The van der Waals surface area contributed by atoms with Crippen LogP contribution in [0.4, 0.5) is 0 Å². The average molecular weight is 267 g/mol. The zero-order chi connectivity index (χ0) is 13.0. The van der Waals surface area contributed by atoms with Crippen molar-refractivity contribution < 1.29 is 4.74 Å². The zero-order valence-corrected chi connectivity index (χ0v) is 12.2. The maximum absolute atomic E-state index is 5.89. The lowest BCUT2D eigenvalue weighted by molar-refractivity contribution is -0.106. The summed E-state index contributed by atoms with van der Waals surface area (Å²) in [4.78, 5) is 0. The molecule has 1 aliphatic heterocycles. The van der Waals surface area contributed by atoms with E-state index in [-0.39, 0.29) is 0 Å². The first-order valence-electron chi connectivity index (χ1n) is 6.90. The molecule has 0 aromatic heterocycles. The first-order chi connectivity index (χ1) is 8.57. The Morgan fingerprint density at radius 3 is 2.50 bits per heavy atom. The van der Waals surface area contributed by atoms with Gasteiger partial charge in [0.05, 0.1) is 13.2 Å². The van der Waals surface area contributed by atoms with E-state index >= 15 is 0 Å². The highest BCUT2D eigenvalue weighted by molar-refractivity contribution is 6.30. The minimum atomic E-state index is 0.472. The molecule has 2 rings (SSSR count). The topological polar surface area (TPSA) is 9.23 Å². The Kier molecular flexibility index (Phi) is 4.69. The quantitative estimate of drug-likeness (QED) is 0.724. The summed E-state index contributed by atoms with van der Waals surface area (Å²) < 4.78 is 5.29. The fourth-order valence-electron chi connectivity index (χ4n) is 2.60. The van der Waals surface area contributed by atoms with Gasteiger partial charge in [0.25, 0.3) is 0 Å². The molecule has 0 bridgehead atoms. The molecule has 1 unspecified atom stereocenters.